The fourth-order valence-corrected chi connectivity index (χ4v) is 2.90. The van der Waals surface area contributed by atoms with Crippen molar-refractivity contribution in [3.63, 3.8) is 0 Å². The van der Waals surface area contributed by atoms with Crippen molar-refractivity contribution < 1.29 is 0 Å². The van der Waals surface area contributed by atoms with Gasteiger partial charge in [0.15, 0.2) is 0 Å². The lowest BCUT2D eigenvalue weighted by molar-refractivity contribution is 0.512. The summed E-state index contributed by atoms with van der Waals surface area (Å²) in [5.41, 5.74) is 4.73. The minimum atomic E-state index is 0.220. The Morgan fingerprint density at radius 2 is 2.05 bits per heavy atom. The van der Waals surface area contributed by atoms with E-state index >= 15 is 0 Å². The second-order valence-electron chi connectivity index (χ2n) is 5.37. The predicted molar refractivity (Wildman–Crippen MR) is 89.0 cm³/mol. The molecule has 0 saturated carbocycles. The van der Waals surface area contributed by atoms with E-state index in [1.54, 1.807) is 0 Å². The lowest BCUT2D eigenvalue weighted by Gasteiger charge is -2.18. The maximum absolute atomic E-state index is 6.37. The third kappa shape index (κ3) is 3.66. The largest absolute Gasteiger partial charge is 0.311 e. The van der Waals surface area contributed by atoms with Crippen LogP contribution < -0.4 is 5.32 Å². The molecule has 0 saturated heterocycles. The highest BCUT2D eigenvalue weighted by molar-refractivity contribution is 6.31. The molecule has 2 aromatic rings. The summed E-state index contributed by atoms with van der Waals surface area (Å²) >= 11 is 6.37. The summed E-state index contributed by atoms with van der Waals surface area (Å²) in [6, 6.07) is 8.68. The molecule has 0 fully saturated rings. The van der Waals surface area contributed by atoms with Gasteiger partial charge in [0.1, 0.15) is 0 Å². The van der Waals surface area contributed by atoms with Crippen LogP contribution in [0.25, 0.3) is 0 Å². The molecular weight excluding hydrogens is 282 g/mol. The Morgan fingerprint density at radius 3 is 2.62 bits per heavy atom. The molecule has 1 aromatic heterocycles. The highest BCUT2D eigenvalue weighted by atomic mass is 35.5. The van der Waals surface area contributed by atoms with E-state index in [0.717, 1.165) is 30.1 Å². The van der Waals surface area contributed by atoms with Crippen molar-refractivity contribution in [3.8, 4) is 0 Å². The van der Waals surface area contributed by atoms with E-state index in [2.05, 4.69) is 54.1 Å². The molecular formula is C17H24ClN3. The number of hydrogen-bond donors (Lipinski definition) is 1. The van der Waals surface area contributed by atoms with Gasteiger partial charge in [-0.1, -0.05) is 30.7 Å². The minimum Gasteiger partial charge on any atom is -0.311 e. The quantitative estimate of drug-likeness (QED) is 0.876. The van der Waals surface area contributed by atoms with E-state index in [1.165, 1.54) is 16.8 Å². The van der Waals surface area contributed by atoms with Gasteiger partial charge in [-0.3, -0.25) is 4.68 Å². The van der Waals surface area contributed by atoms with E-state index in [9.17, 15) is 0 Å². The number of nitrogens with one attached hydrogen (secondary N) is 1. The van der Waals surface area contributed by atoms with Gasteiger partial charge >= 0.3 is 0 Å². The van der Waals surface area contributed by atoms with Gasteiger partial charge in [0.2, 0.25) is 0 Å². The van der Waals surface area contributed by atoms with Gasteiger partial charge in [-0.05, 0) is 57.0 Å². The van der Waals surface area contributed by atoms with Crippen LogP contribution in [-0.2, 0) is 19.4 Å². The molecule has 0 aliphatic heterocycles. The number of aryl methyl sites for hydroxylation is 3. The summed E-state index contributed by atoms with van der Waals surface area (Å²) in [5, 5.41) is 8.88. The van der Waals surface area contributed by atoms with E-state index in [-0.39, 0.29) is 6.04 Å². The van der Waals surface area contributed by atoms with Crippen molar-refractivity contribution in [3.05, 3.63) is 51.8 Å². The van der Waals surface area contributed by atoms with Crippen molar-refractivity contribution in [2.75, 3.05) is 7.05 Å². The molecule has 0 bridgehead atoms. The molecule has 1 N–H and O–H groups in total. The number of nitrogens with zero attached hydrogens (tertiary/aromatic N) is 2. The molecule has 1 atom stereocenters. The van der Waals surface area contributed by atoms with Gasteiger partial charge in [-0.25, -0.2) is 0 Å². The van der Waals surface area contributed by atoms with Crippen LogP contribution in [0.5, 0.6) is 0 Å². The SMILES string of the molecule is CCc1cc(C(Cc2ccc(C)cc2Cl)NC)n(CC)n1. The van der Waals surface area contributed by atoms with Gasteiger partial charge in [-0.15, -0.1) is 0 Å². The third-order valence-corrected chi connectivity index (χ3v) is 4.21. The summed E-state index contributed by atoms with van der Waals surface area (Å²) in [5.74, 6) is 0. The van der Waals surface area contributed by atoms with Gasteiger partial charge in [-0.2, -0.15) is 5.10 Å². The van der Waals surface area contributed by atoms with Gasteiger partial charge in [0, 0.05) is 11.6 Å². The first-order chi connectivity index (χ1) is 10.1. The molecule has 2 rings (SSSR count). The number of benzene rings is 1. The average molecular weight is 306 g/mol. The number of rotatable bonds is 6. The molecule has 0 aliphatic rings. The van der Waals surface area contributed by atoms with Crippen molar-refractivity contribution in [1.29, 1.82) is 0 Å². The van der Waals surface area contributed by atoms with Crippen LogP contribution >= 0.6 is 11.6 Å². The van der Waals surface area contributed by atoms with Crippen molar-refractivity contribution in [2.45, 2.75) is 46.2 Å². The highest BCUT2D eigenvalue weighted by Crippen LogP contribution is 2.25. The fraction of sp³-hybridized carbons (Fsp3) is 0.471. The molecule has 0 radical (unpaired) electrons. The van der Waals surface area contributed by atoms with E-state index in [4.69, 9.17) is 11.6 Å². The van der Waals surface area contributed by atoms with Crippen LogP contribution in [0.4, 0.5) is 0 Å². The number of hydrogen-bond acceptors (Lipinski definition) is 2. The zero-order chi connectivity index (χ0) is 15.4. The number of halogens is 1. The lowest BCUT2D eigenvalue weighted by Crippen LogP contribution is -2.22. The fourth-order valence-electron chi connectivity index (χ4n) is 2.59. The first kappa shape index (κ1) is 16.1. The molecule has 3 nitrogen and oxygen atoms in total. The van der Waals surface area contributed by atoms with Crippen LogP contribution in [0.2, 0.25) is 5.02 Å². The Labute approximate surface area is 132 Å². The second kappa shape index (κ2) is 7.10. The Morgan fingerprint density at radius 1 is 1.29 bits per heavy atom. The lowest BCUT2D eigenvalue weighted by atomic mass is 10.0. The second-order valence-corrected chi connectivity index (χ2v) is 5.78. The van der Waals surface area contributed by atoms with Crippen molar-refractivity contribution in [1.82, 2.24) is 15.1 Å². The Balaban J connectivity index is 2.29. The molecule has 1 unspecified atom stereocenters. The molecule has 1 heterocycles. The minimum absolute atomic E-state index is 0.220. The van der Waals surface area contributed by atoms with Gasteiger partial charge in [0.25, 0.3) is 0 Å². The summed E-state index contributed by atoms with van der Waals surface area (Å²) in [4.78, 5) is 0. The normalized spacial score (nSPS) is 12.6. The number of aromatic nitrogens is 2. The molecule has 0 aliphatic carbocycles. The predicted octanol–water partition coefficient (Wildman–Crippen LogP) is 3.93. The molecule has 21 heavy (non-hydrogen) atoms. The van der Waals surface area contributed by atoms with E-state index in [1.807, 2.05) is 13.1 Å². The van der Waals surface area contributed by atoms with Crippen LogP contribution in [0.15, 0.2) is 24.3 Å². The van der Waals surface area contributed by atoms with Gasteiger partial charge in [0.05, 0.1) is 17.4 Å². The summed E-state index contributed by atoms with van der Waals surface area (Å²) < 4.78 is 2.09. The standard InChI is InChI=1S/C17H24ClN3/c1-5-14-11-17(21(6-2)20-14)16(19-4)10-13-8-7-12(3)9-15(13)18/h7-9,11,16,19H,5-6,10H2,1-4H3. The van der Waals surface area contributed by atoms with Crippen LogP contribution in [-0.4, -0.2) is 16.8 Å². The zero-order valence-electron chi connectivity index (χ0n) is 13.3. The van der Waals surface area contributed by atoms with Crippen molar-refractivity contribution >= 4 is 11.6 Å². The monoisotopic (exact) mass is 305 g/mol. The average Bonchev–Trinajstić information content (AvgIpc) is 2.90. The number of likely N-dealkylation sites (N-methyl/N-ethyl adjacent to an activating group) is 1. The molecule has 0 spiro atoms. The van der Waals surface area contributed by atoms with E-state index < -0.39 is 0 Å². The smallest absolute Gasteiger partial charge is 0.0625 e. The maximum Gasteiger partial charge on any atom is 0.0625 e. The Bertz CT molecular complexity index is 604. The third-order valence-electron chi connectivity index (χ3n) is 3.86. The summed E-state index contributed by atoms with van der Waals surface area (Å²) in [6.07, 6.45) is 1.83. The molecule has 1 aromatic carbocycles. The maximum atomic E-state index is 6.37. The first-order valence-corrected chi connectivity index (χ1v) is 7.95. The first-order valence-electron chi connectivity index (χ1n) is 7.57. The zero-order valence-corrected chi connectivity index (χ0v) is 14.0. The summed E-state index contributed by atoms with van der Waals surface area (Å²) in [6.45, 7) is 7.21. The van der Waals surface area contributed by atoms with Gasteiger partial charge < -0.3 is 5.32 Å². The van der Waals surface area contributed by atoms with E-state index in [0.29, 0.717) is 0 Å². The molecule has 0 amide bonds. The van der Waals surface area contributed by atoms with Crippen LogP contribution in [0.3, 0.4) is 0 Å². The molecule has 114 valence electrons. The topological polar surface area (TPSA) is 29.9 Å². The molecule has 4 heteroatoms. The Hall–Kier alpha value is -1.32. The highest BCUT2D eigenvalue weighted by Gasteiger charge is 2.17. The summed E-state index contributed by atoms with van der Waals surface area (Å²) in [7, 11) is 1.99. The van der Waals surface area contributed by atoms with Crippen molar-refractivity contribution in [2.24, 2.45) is 0 Å². The Kier molecular flexibility index (Phi) is 5.43. The van der Waals surface area contributed by atoms with Crippen LogP contribution in [0.1, 0.15) is 42.4 Å². The van der Waals surface area contributed by atoms with Crippen LogP contribution in [0, 0.1) is 6.92 Å².